The molecule has 2 amide bonds. The molecule has 1 aliphatic rings. The van der Waals surface area contributed by atoms with Gasteiger partial charge in [0.2, 0.25) is 11.8 Å². The molecule has 2 aromatic carbocycles. The minimum absolute atomic E-state index is 0.0361. The summed E-state index contributed by atoms with van der Waals surface area (Å²) in [4.78, 5) is 28.9. The van der Waals surface area contributed by atoms with Gasteiger partial charge in [-0.25, -0.2) is 0 Å². The van der Waals surface area contributed by atoms with E-state index < -0.39 is 0 Å². The van der Waals surface area contributed by atoms with Crippen LogP contribution in [0.2, 0.25) is 0 Å². The van der Waals surface area contributed by atoms with Crippen LogP contribution in [0.25, 0.3) is 11.4 Å². The molecule has 2 N–H and O–H groups in total. The van der Waals surface area contributed by atoms with Crippen molar-refractivity contribution in [1.29, 1.82) is 0 Å². The summed E-state index contributed by atoms with van der Waals surface area (Å²) >= 11 is 5.36. The lowest BCUT2D eigenvalue weighted by Crippen LogP contribution is -2.36. The number of morpholine rings is 1. The zero-order chi connectivity index (χ0) is 24.8. The van der Waals surface area contributed by atoms with Gasteiger partial charge >= 0.3 is 0 Å². The Morgan fingerprint density at radius 2 is 1.91 bits per heavy atom. The highest BCUT2D eigenvalue weighted by molar-refractivity contribution is 7.71. The Morgan fingerprint density at radius 3 is 2.63 bits per heavy atom. The van der Waals surface area contributed by atoms with Crippen LogP contribution in [0.4, 0.5) is 11.4 Å². The van der Waals surface area contributed by atoms with Gasteiger partial charge in [0.1, 0.15) is 0 Å². The number of likely N-dealkylation sites (N-methyl/N-ethyl adjacent to an activating group) is 1. The van der Waals surface area contributed by atoms with Crippen molar-refractivity contribution >= 4 is 35.4 Å². The molecule has 0 unspecified atom stereocenters. The van der Waals surface area contributed by atoms with E-state index in [0.29, 0.717) is 22.8 Å². The summed E-state index contributed by atoms with van der Waals surface area (Å²) in [6.07, 6.45) is 0.199. The summed E-state index contributed by atoms with van der Waals surface area (Å²) in [5.41, 5.74) is 3.83. The molecule has 0 aliphatic carbocycles. The molecule has 184 valence electrons. The van der Waals surface area contributed by atoms with Crippen LogP contribution in [0.1, 0.15) is 12.0 Å². The minimum atomic E-state index is -0.250. The largest absolute Gasteiger partial charge is 0.378 e. The van der Waals surface area contributed by atoms with E-state index in [2.05, 4.69) is 20.4 Å². The van der Waals surface area contributed by atoms with Crippen molar-refractivity contribution in [3.8, 4) is 11.4 Å². The Bertz CT molecular complexity index is 1230. The number of aryl methyl sites for hydroxylation is 1. The van der Waals surface area contributed by atoms with Crippen LogP contribution >= 0.6 is 12.2 Å². The van der Waals surface area contributed by atoms with Crippen molar-refractivity contribution in [3.05, 3.63) is 58.9 Å². The van der Waals surface area contributed by atoms with Crippen molar-refractivity contribution in [2.24, 2.45) is 0 Å². The Kier molecular flexibility index (Phi) is 7.94. The molecular weight excluding hydrogens is 464 g/mol. The average Bonchev–Trinajstić information content (AvgIpc) is 3.23. The third kappa shape index (κ3) is 6.34. The summed E-state index contributed by atoms with van der Waals surface area (Å²) in [7, 11) is 1.62. The van der Waals surface area contributed by atoms with E-state index in [1.807, 2.05) is 60.0 Å². The second-order valence-corrected chi connectivity index (χ2v) is 8.95. The SMILES string of the molecule is Cc1cccc(-c2n[nH]c(=S)n2CCC(=O)N(C)CC(=O)Nc2ccc(N3CCOCC3)cc2)c1. The zero-order valence-electron chi connectivity index (χ0n) is 20.0. The van der Waals surface area contributed by atoms with E-state index in [9.17, 15) is 9.59 Å². The van der Waals surface area contributed by atoms with Gasteiger partial charge in [0.05, 0.1) is 19.8 Å². The number of aromatic nitrogens is 3. The van der Waals surface area contributed by atoms with Crippen LogP contribution in [0.15, 0.2) is 48.5 Å². The van der Waals surface area contributed by atoms with Gasteiger partial charge < -0.3 is 19.9 Å². The summed E-state index contributed by atoms with van der Waals surface area (Å²) in [5, 5.41) is 10.00. The molecule has 4 rings (SSSR count). The van der Waals surface area contributed by atoms with Gasteiger partial charge in [0.25, 0.3) is 0 Å². The number of nitrogens with zero attached hydrogens (tertiary/aromatic N) is 4. The highest BCUT2D eigenvalue weighted by atomic mass is 32.1. The van der Waals surface area contributed by atoms with Gasteiger partial charge in [-0.15, -0.1) is 0 Å². The molecule has 10 heteroatoms. The number of ether oxygens (including phenoxy) is 1. The van der Waals surface area contributed by atoms with Crippen LogP contribution in [0.5, 0.6) is 0 Å². The summed E-state index contributed by atoms with van der Waals surface area (Å²) in [6.45, 7) is 5.50. The molecule has 0 saturated carbocycles. The maximum Gasteiger partial charge on any atom is 0.243 e. The van der Waals surface area contributed by atoms with Crippen molar-refractivity contribution in [2.75, 3.05) is 50.1 Å². The predicted molar refractivity (Wildman–Crippen MR) is 138 cm³/mol. The van der Waals surface area contributed by atoms with E-state index in [1.165, 1.54) is 4.90 Å². The number of nitrogens with one attached hydrogen (secondary N) is 2. The molecule has 0 bridgehead atoms. The highest BCUT2D eigenvalue weighted by Gasteiger charge is 2.16. The Balaban J connectivity index is 1.29. The number of rotatable bonds is 8. The normalized spacial score (nSPS) is 13.5. The molecular formula is C25H30N6O3S. The van der Waals surface area contributed by atoms with E-state index in [4.69, 9.17) is 17.0 Å². The summed E-state index contributed by atoms with van der Waals surface area (Å²) in [5.74, 6) is 0.286. The molecule has 0 atom stereocenters. The van der Waals surface area contributed by atoms with Gasteiger partial charge in [-0.05, 0) is 49.5 Å². The molecule has 1 aromatic heterocycles. The van der Waals surface area contributed by atoms with Crippen LogP contribution in [0.3, 0.4) is 0 Å². The summed E-state index contributed by atoms with van der Waals surface area (Å²) < 4.78 is 7.65. The number of hydrogen-bond acceptors (Lipinski definition) is 6. The van der Waals surface area contributed by atoms with Gasteiger partial charge in [0.15, 0.2) is 10.6 Å². The number of hydrogen-bond donors (Lipinski definition) is 2. The van der Waals surface area contributed by atoms with Crippen LogP contribution in [-0.4, -0.2) is 71.4 Å². The number of benzene rings is 2. The number of amides is 2. The van der Waals surface area contributed by atoms with Gasteiger partial charge in [-0.3, -0.25) is 19.3 Å². The predicted octanol–water partition coefficient (Wildman–Crippen LogP) is 3.24. The standard InChI is InChI=1S/C25H30N6O3S/c1-18-4-3-5-19(16-18)24-27-28-25(35)31(24)11-10-23(33)29(2)17-22(32)26-20-6-8-21(9-7-20)30-12-14-34-15-13-30/h3-9,16H,10-15,17H2,1-2H3,(H,26,32)(H,28,35). The van der Waals surface area contributed by atoms with Gasteiger partial charge in [0, 0.05) is 50.0 Å². The third-order valence-corrected chi connectivity index (χ3v) is 6.23. The molecule has 1 fully saturated rings. The number of aromatic amines is 1. The first-order valence-corrected chi connectivity index (χ1v) is 12.0. The Hall–Kier alpha value is -3.50. The molecule has 2 heterocycles. The maximum atomic E-state index is 12.7. The quantitative estimate of drug-likeness (QED) is 0.467. The van der Waals surface area contributed by atoms with Crippen molar-refractivity contribution in [3.63, 3.8) is 0 Å². The fourth-order valence-electron chi connectivity index (χ4n) is 4.01. The summed E-state index contributed by atoms with van der Waals surface area (Å²) in [6, 6.07) is 15.7. The van der Waals surface area contributed by atoms with E-state index in [-0.39, 0.29) is 24.8 Å². The Labute approximate surface area is 209 Å². The lowest BCUT2D eigenvalue weighted by molar-refractivity contribution is -0.133. The highest BCUT2D eigenvalue weighted by Crippen LogP contribution is 2.20. The Morgan fingerprint density at radius 1 is 1.17 bits per heavy atom. The van der Waals surface area contributed by atoms with Crippen LogP contribution < -0.4 is 10.2 Å². The van der Waals surface area contributed by atoms with Gasteiger partial charge in [-0.1, -0.05) is 23.8 Å². The zero-order valence-corrected chi connectivity index (χ0v) is 20.8. The fourth-order valence-corrected chi connectivity index (χ4v) is 4.23. The third-order valence-electron chi connectivity index (χ3n) is 5.92. The second-order valence-electron chi connectivity index (χ2n) is 8.57. The fraction of sp³-hybridized carbons (Fsp3) is 0.360. The number of carbonyl (C=O) groups is 2. The minimum Gasteiger partial charge on any atom is -0.378 e. The van der Waals surface area contributed by atoms with E-state index >= 15 is 0 Å². The maximum absolute atomic E-state index is 12.7. The molecule has 0 radical (unpaired) electrons. The lowest BCUT2D eigenvalue weighted by Gasteiger charge is -2.28. The van der Waals surface area contributed by atoms with E-state index in [0.717, 1.165) is 43.1 Å². The first kappa shape index (κ1) is 24.6. The first-order valence-electron chi connectivity index (χ1n) is 11.6. The molecule has 1 saturated heterocycles. The number of H-pyrrole nitrogens is 1. The van der Waals surface area contributed by atoms with E-state index in [1.54, 1.807) is 7.05 Å². The van der Waals surface area contributed by atoms with Crippen molar-refractivity contribution < 1.29 is 14.3 Å². The number of carbonyl (C=O) groups excluding carboxylic acids is 2. The molecule has 0 spiro atoms. The average molecular weight is 495 g/mol. The topological polar surface area (TPSA) is 95.5 Å². The second kappa shape index (κ2) is 11.3. The molecule has 9 nitrogen and oxygen atoms in total. The first-order chi connectivity index (χ1) is 16.9. The van der Waals surface area contributed by atoms with Crippen LogP contribution in [0, 0.1) is 11.7 Å². The molecule has 3 aromatic rings. The molecule has 1 aliphatic heterocycles. The lowest BCUT2D eigenvalue weighted by atomic mass is 10.1. The smallest absolute Gasteiger partial charge is 0.243 e. The van der Waals surface area contributed by atoms with Gasteiger partial charge in [-0.2, -0.15) is 5.10 Å². The van der Waals surface area contributed by atoms with Crippen LogP contribution in [-0.2, 0) is 20.9 Å². The molecule has 35 heavy (non-hydrogen) atoms. The van der Waals surface area contributed by atoms with Crippen molar-refractivity contribution in [1.82, 2.24) is 19.7 Å². The number of anilines is 2. The monoisotopic (exact) mass is 494 g/mol. The van der Waals surface area contributed by atoms with Crippen molar-refractivity contribution in [2.45, 2.75) is 19.9 Å².